The molecule has 0 saturated heterocycles. The quantitative estimate of drug-likeness (QED) is 0.149. The number of hydrogen-bond donors (Lipinski definition) is 0. The molecule has 2 aromatic carbocycles. The van der Waals surface area contributed by atoms with Crippen LogP contribution in [-0.4, -0.2) is 31.5 Å². The topological polar surface area (TPSA) is 114 Å². The molecule has 0 amide bonds. The van der Waals surface area contributed by atoms with Crippen molar-refractivity contribution in [1.82, 2.24) is 0 Å². The molecule has 9 nitrogen and oxygen atoms in total. The highest BCUT2D eigenvalue weighted by Crippen LogP contribution is 2.39. The van der Waals surface area contributed by atoms with Crippen LogP contribution in [0.15, 0.2) is 39.3 Å². The Morgan fingerprint density at radius 3 is 1.69 bits per heavy atom. The Balaban J connectivity index is 0.000000355. The predicted octanol–water partition coefficient (Wildman–Crippen LogP) is 7.69. The molecule has 0 atom stereocenters. The molecule has 11 heteroatoms. The summed E-state index contributed by atoms with van der Waals surface area (Å²) in [6.45, 7) is 11.9. The Bertz CT molecular complexity index is 1090. The fraction of sp³-hybridized carbons (Fsp3) is 0.417. The number of hydrogen-bond acceptors (Lipinski definition) is 8. The molecule has 35 heavy (non-hydrogen) atoms. The maximum absolute atomic E-state index is 11.2. The molecule has 0 aliphatic rings. The Kier molecular flexibility index (Phi) is 10.7. The maximum Gasteiger partial charge on any atom is 0.513 e. The van der Waals surface area contributed by atoms with E-state index in [1.165, 1.54) is 20.3 Å². The molecule has 0 bridgehead atoms. The summed E-state index contributed by atoms with van der Waals surface area (Å²) in [5.41, 5.74) is 0.989. The number of carbonyl (C=O) groups excluding carboxylic acids is 2. The van der Waals surface area contributed by atoms with Crippen LogP contribution in [0.1, 0.15) is 52.7 Å². The largest absolute Gasteiger partial charge is 0.513 e. The highest BCUT2D eigenvalue weighted by Gasteiger charge is 2.26. The molecule has 0 aliphatic carbocycles. The highest BCUT2D eigenvalue weighted by atomic mass is 79.9. The number of nitrogens with zero attached hydrogens (tertiary/aromatic N) is 1. The lowest BCUT2D eigenvalue weighted by Gasteiger charge is -2.22. The van der Waals surface area contributed by atoms with E-state index < -0.39 is 17.2 Å². The number of carbonyl (C=O) groups is 2. The summed E-state index contributed by atoms with van der Waals surface area (Å²) in [4.78, 5) is 32.6. The van der Waals surface area contributed by atoms with Gasteiger partial charge in [-0.3, -0.25) is 10.1 Å². The summed E-state index contributed by atoms with van der Waals surface area (Å²) in [7, 11) is 2.46. The third kappa shape index (κ3) is 9.14. The normalized spacial score (nSPS) is 11.0. The summed E-state index contributed by atoms with van der Waals surface area (Å²) >= 11 is 6.54. The van der Waals surface area contributed by atoms with E-state index in [0.717, 1.165) is 10.0 Å². The van der Waals surface area contributed by atoms with E-state index in [1.54, 1.807) is 12.1 Å². The van der Waals surface area contributed by atoms with Crippen LogP contribution in [0.5, 0.6) is 11.5 Å². The van der Waals surface area contributed by atoms with Crippen molar-refractivity contribution in [2.75, 3.05) is 14.2 Å². The van der Waals surface area contributed by atoms with Crippen molar-refractivity contribution in [3.05, 3.63) is 60.5 Å². The Labute approximate surface area is 221 Å². The maximum atomic E-state index is 11.2. The van der Waals surface area contributed by atoms with Crippen molar-refractivity contribution < 1.29 is 33.5 Å². The summed E-state index contributed by atoms with van der Waals surface area (Å²) < 4.78 is 20.2. The number of nitro groups is 1. The lowest BCUT2D eigenvalue weighted by atomic mass is 9.86. The summed E-state index contributed by atoms with van der Waals surface area (Å²) in [5, 5.41) is 10.9. The molecule has 0 aliphatic heterocycles. The number of rotatable bonds is 3. The van der Waals surface area contributed by atoms with E-state index in [0.29, 0.717) is 15.8 Å². The average Bonchev–Trinajstić information content (AvgIpc) is 2.74. The van der Waals surface area contributed by atoms with Gasteiger partial charge in [-0.2, -0.15) is 0 Å². The van der Waals surface area contributed by atoms with Crippen molar-refractivity contribution in [3.63, 3.8) is 0 Å². The molecule has 2 rings (SSSR count). The molecule has 0 unspecified atom stereocenters. The molecular formula is C24H29Br2NO8. The van der Waals surface area contributed by atoms with Gasteiger partial charge in [-0.15, -0.1) is 0 Å². The van der Waals surface area contributed by atoms with E-state index in [9.17, 15) is 19.7 Å². The summed E-state index contributed by atoms with van der Waals surface area (Å²) in [5.74, 6) is 0.650. The number of benzene rings is 2. The van der Waals surface area contributed by atoms with Crippen molar-refractivity contribution in [3.8, 4) is 11.5 Å². The second kappa shape index (κ2) is 12.3. The lowest BCUT2D eigenvalue weighted by molar-refractivity contribution is -0.385. The molecule has 0 saturated carbocycles. The molecule has 2 aromatic rings. The standard InChI is InChI=1S/C12H14BrNO5.C12H15BrO3/c1-12(2,3)7-5-8(13)9(14(16)17)6-10(7)19-11(15)18-4;1-12(2,3)9-7-8(13)5-6-10(9)16-11(14)15-4/h5-6H,1-4H3;5-7H,1-4H3. The first-order chi connectivity index (χ1) is 16.0. The van der Waals surface area contributed by atoms with Gasteiger partial charge in [0.05, 0.1) is 29.7 Å². The molecule has 192 valence electrons. The zero-order chi connectivity index (χ0) is 27.1. The number of methoxy groups -OCH3 is 2. The average molecular weight is 619 g/mol. The summed E-state index contributed by atoms with van der Waals surface area (Å²) in [6, 6.07) is 8.31. The summed E-state index contributed by atoms with van der Waals surface area (Å²) in [6.07, 6.45) is -1.62. The van der Waals surface area contributed by atoms with Crippen LogP contribution in [-0.2, 0) is 20.3 Å². The fourth-order valence-electron chi connectivity index (χ4n) is 2.79. The number of ether oxygens (including phenoxy) is 4. The van der Waals surface area contributed by atoms with Crippen LogP contribution < -0.4 is 9.47 Å². The van der Waals surface area contributed by atoms with Gasteiger partial charge in [0.15, 0.2) is 0 Å². The van der Waals surface area contributed by atoms with Gasteiger partial charge in [0, 0.05) is 15.6 Å². The van der Waals surface area contributed by atoms with Gasteiger partial charge in [-0.1, -0.05) is 57.5 Å². The van der Waals surface area contributed by atoms with Crippen LogP contribution in [0.2, 0.25) is 0 Å². The fourth-order valence-corrected chi connectivity index (χ4v) is 3.64. The van der Waals surface area contributed by atoms with E-state index in [-0.39, 0.29) is 22.3 Å². The second-order valence-corrected chi connectivity index (χ2v) is 11.1. The molecule has 0 spiro atoms. The Morgan fingerprint density at radius 1 is 0.800 bits per heavy atom. The molecule has 0 heterocycles. The number of halogens is 2. The molecule has 0 radical (unpaired) electrons. The SMILES string of the molecule is COC(=O)Oc1cc([N+](=O)[O-])c(Br)cc1C(C)(C)C.COC(=O)Oc1ccc(Br)cc1C(C)(C)C. The third-order valence-electron chi connectivity index (χ3n) is 4.52. The smallest absolute Gasteiger partial charge is 0.437 e. The van der Waals surface area contributed by atoms with Gasteiger partial charge in [-0.05, 0) is 51.0 Å². The van der Waals surface area contributed by atoms with Crippen LogP contribution in [0.4, 0.5) is 15.3 Å². The molecule has 0 N–H and O–H groups in total. The predicted molar refractivity (Wildman–Crippen MR) is 138 cm³/mol. The van der Waals surface area contributed by atoms with Crippen molar-refractivity contribution in [1.29, 1.82) is 0 Å². The van der Waals surface area contributed by atoms with Crippen molar-refractivity contribution in [2.24, 2.45) is 0 Å². The minimum Gasteiger partial charge on any atom is -0.437 e. The van der Waals surface area contributed by atoms with E-state index >= 15 is 0 Å². The van der Waals surface area contributed by atoms with Crippen LogP contribution in [0.3, 0.4) is 0 Å². The lowest BCUT2D eigenvalue weighted by Crippen LogP contribution is -2.16. The minimum absolute atomic E-state index is 0.104. The van der Waals surface area contributed by atoms with Crippen LogP contribution >= 0.6 is 31.9 Å². The zero-order valence-corrected chi connectivity index (χ0v) is 24.0. The van der Waals surface area contributed by atoms with Gasteiger partial charge in [0.1, 0.15) is 11.5 Å². The number of nitro benzene ring substituents is 1. The molecule has 0 fully saturated rings. The third-order valence-corrected chi connectivity index (χ3v) is 5.65. The first kappa shape index (κ1) is 30.4. The van der Waals surface area contributed by atoms with E-state index in [1.807, 2.05) is 32.9 Å². The van der Waals surface area contributed by atoms with Gasteiger partial charge in [0.25, 0.3) is 5.69 Å². The van der Waals surface area contributed by atoms with E-state index in [2.05, 4.69) is 62.1 Å². The monoisotopic (exact) mass is 617 g/mol. The van der Waals surface area contributed by atoms with E-state index in [4.69, 9.17) is 9.47 Å². The van der Waals surface area contributed by atoms with Gasteiger partial charge in [0.2, 0.25) is 0 Å². The van der Waals surface area contributed by atoms with Crippen molar-refractivity contribution >= 4 is 49.9 Å². The Morgan fingerprint density at radius 2 is 1.26 bits per heavy atom. The van der Waals surface area contributed by atoms with Gasteiger partial charge >= 0.3 is 12.3 Å². The van der Waals surface area contributed by atoms with Crippen LogP contribution in [0.25, 0.3) is 0 Å². The van der Waals surface area contributed by atoms with Gasteiger partial charge < -0.3 is 18.9 Å². The molecular weight excluding hydrogens is 590 g/mol. The first-order valence-corrected chi connectivity index (χ1v) is 11.9. The van der Waals surface area contributed by atoms with Crippen molar-refractivity contribution in [2.45, 2.75) is 52.4 Å². The molecule has 0 aromatic heterocycles. The minimum atomic E-state index is -0.915. The van der Waals surface area contributed by atoms with Crippen LogP contribution in [0, 0.1) is 10.1 Å². The Hall–Kier alpha value is -2.66. The van der Waals surface area contributed by atoms with Gasteiger partial charge in [-0.25, -0.2) is 9.59 Å². The first-order valence-electron chi connectivity index (χ1n) is 10.3. The highest BCUT2D eigenvalue weighted by molar-refractivity contribution is 9.10. The zero-order valence-electron chi connectivity index (χ0n) is 20.9. The second-order valence-electron chi connectivity index (χ2n) is 9.31.